The Kier molecular flexibility index (Phi) is 6.93. The van der Waals surface area contributed by atoms with Crippen molar-refractivity contribution in [2.75, 3.05) is 6.61 Å². The average molecular weight is 490 g/mol. The summed E-state index contributed by atoms with van der Waals surface area (Å²) in [6, 6.07) is 17.6. The van der Waals surface area contributed by atoms with Crippen LogP contribution in [-0.4, -0.2) is 33.6 Å². The molecule has 9 nitrogen and oxygen atoms in total. The van der Waals surface area contributed by atoms with E-state index >= 15 is 0 Å². The van der Waals surface area contributed by atoms with Gasteiger partial charge in [-0.3, -0.25) is 14.9 Å². The molecule has 1 aliphatic rings. The van der Waals surface area contributed by atoms with Crippen LogP contribution in [0.15, 0.2) is 92.4 Å². The van der Waals surface area contributed by atoms with Gasteiger partial charge in [-0.2, -0.15) is 0 Å². The number of benzene rings is 2. The lowest BCUT2D eigenvalue weighted by molar-refractivity contribution is -0.384. The third-order valence-corrected chi connectivity index (χ3v) is 5.88. The Labute approximate surface area is 203 Å². The summed E-state index contributed by atoms with van der Waals surface area (Å²) in [5.41, 5.74) is 0.278. The van der Waals surface area contributed by atoms with E-state index in [4.69, 9.17) is 9.15 Å². The molecular formula is C25H18N2O7S. The molecule has 0 saturated heterocycles. The number of nitro groups is 1. The number of hydrogen-bond donors (Lipinski definition) is 1. The minimum absolute atomic E-state index is 0.00784. The second-order valence-corrected chi connectivity index (χ2v) is 8.15. The number of nitrogens with zero attached hydrogens (tertiary/aromatic N) is 2. The maximum absolute atomic E-state index is 12.6. The van der Waals surface area contributed by atoms with Crippen LogP contribution in [0.4, 0.5) is 5.69 Å². The molecule has 1 aromatic heterocycles. The normalized spacial score (nSPS) is 15.6. The van der Waals surface area contributed by atoms with Gasteiger partial charge >= 0.3 is 5.97 Å². The molecule has 0 unspecified atom stereocenters. The van der Waals surface area contributed by atoms with Gasteiger partial charge in [-0.05, 0) is 43.3 Å². The molecule has 2 aromatic carbocycles. The summed E-state index contributed by atoms with van der Waals surface area (Å²) >= 11 is 0.909. The van der Waals surface area contributed by atoms with Gasteiger partial charge in [0.2, 0.25) is 0 Å². The van der Waals surface area contributed by atoms with E-state index in [0.29, 0.717) is 11.1 Å². The maximum atomic E-state index is 12.6. The number of hydrogen-bond acceptors (Lipinski definition) is 8. The fourth-order valence-electron chi connectivity index (χ4n) is 3.27. The van der Waals surface area contributed by atoms with Crippen molar-refractivity contribution in [1.29, 1.82) is 0 Å². The highest BCUT2D eigenvalue weighted by Crippen LogP contribution is 2.40. The van der Waals surface area contributed by atoms with Crippen molar-refractivity contribution in [1.82, 2.24) is 0 Å². The van der Waals surface area contributed by atoms with E-state index in [1.165, 1.54) is 12.1 Å². The van der Waals surface area contributed by atoms with Gasteiger partial charge in [-0.15, -0.1) is 0 Å². The number of carbonyl (C=O) groups excluding carboxylic acids is 2. The number of aliphatic hydroxyl groups is 1. The van der Waals surface area contributed by atoms with Gasteiger partial charge in [0.1, 0.15) is 27.9 Å². The summed E-state index contributed by atoms with van der Waals surface area (Å²) in [7, 11) is 0. The van der Waals surface area contributed by atoms with Gasteiger partial charge in [0.25, 0.3) is 11.6 Å². The first-order valence-electron chi connectivity index (χ1n) is 10.4. The van der Waals surface area contributed by atoms with E-state index in [9.17, 15) is 24.8 Å². The molecule has 1 aliphatic heterocycles. The van der Waals surface area contributed by atoms with E-state index in [1.54, 1.807) is 67.6 Å². The number of nitro benzene ring substituents is 1. The van der Waals surface area contributed by atoms with Crippen molar-refractivity contribution >= 4 is 40.4 Å². The maximum Gasteiger partial charge on any atom is 0.344 e. The number of para-hydroxylation sites is 1. The number of aliphatic hydroxyl groups excluding tert-OH is 1. The highest BCUT2D eigenvalue weighted by Gasteiger charge is 2.34. The molecule has 2 heterocycles. The van der Waals surface area contributed by atoms with Crippen LogP contribution in [0.3, 0.4) is 0 Å². The van der Waals surface area contributed by atoms with Gasteiger partial charge in [-0.25, -0.2) is 9.79 Å². The Bertz CT molecular complexity index is 1400. The first kappa shape index (κ1) is 23.7. The number of aliphatic imine (C=N–C) groups is 1. The second kappa shape index (κ2) is 10.2. The van der Waals surface area contributed by atoms with E-state index in [0.717, 1.165) is 11.8 Å². The van der Waals surface area contributed by atoms with E-state index in [2.05, 4.69) is 4.99 Å². The largest absolute Gasteiger partial charge is 0.506 e. The monoisotopic (exact) mass is 490 g/mol. The zero-order valence-corrected chi connectivity index (χ0v) is 19.2. The van der Waals surface area contributed by atoms with Crippen LogP contribution in [0, 0.1) is 10.1 Å². The Morgan fingerprint density at radius 1 is 1.11 bits per heavy atom. The molecule has 0 atom stereocenters. The molecule has 1 amide bonds. The van der Waals surface area contributed by atoms with Crippen LogP contribution in [0.25, 0.3) is 17.4 Å². The van der Waals surface area contributed by atoms with Crippen molar-refractivity contribution in [2.24, 2.45) is 4.99 Å². The zero-order chi connectivity index (χ0) is 24.9. The Hall–Kier alpha value is -4.44. The number of carbonyl (C=O) groups is 2. The number of ether oxygens (including phenoxy) is 1. The second-order valence-electron chi connectivity index (χ2n) is 7.12. The summed E-state index contributed by atoms with van der Waals surface area (Å²) in [5.74, 6) is -1.28. The summed E-state index contributed by atoms with van der Waals surface area (Å²) in [4.78, 5) is 40.2. The van der Waals surface area contributed by atoms with Crippen LogP contribution in [0.5, 0.6) is 0 Å². The zero-order valence-electron chi connectivity index (χ0n) is 18.3. The molecule has 0 saturated carbocycles. The number of rotatable bonds is 6. The molecule has 0 spiro atoms. The average Bonchev–Trinajstić information content (AvgIpc) is 3.44. The molecule has 176 valence electrons. The smallest absolute Gasteiger partial charge is 0.344 e. The quantitative estimate of drug-likeness (QED) is 0.270. The Balaban J connectivity index is 1.70. The van der Waals surface area contributed by atoms with Gasteiger partial charge in [-0.1, -0.05) is 42.1 Å². The molecule has 0 fully saturated rings. The number of thioether (sulfide) groups is 1. The van der Waals surface area contributed by atoms with Gasteiger partial charge in [0.15, 0.2) is 0 Å². The van der Waals surface area contributed by atoms with E-state index in [1.807, 2.05) is 0 Å². The van der Waals surface area contributed by atoms with E-state index in [-0.39, 0.29) is 39.3 Å². The molecule has 0 radical (unpaired) electrons. The third kappa shape index (κ3) is 5.07. The fraction of sp³-hybridized carbons (Fsp3) is 0.0800. The van der Waals surface area contributed by atoms with Crippen molar-refractivity contribution in [2.45, 2.75) is 6.92 Å². The number of furan rings is 1. The third-order valence-electron chi connectivity index (χ3n) is 4.86. The van der Waals surface area contributed by atoms with Crippen LogP contribution in [-0.2, 0) is 9.53 Å². The van der Waals surface area contributed by atoms with Gasteiger partial charge < -0.3 is 14.3 Å². The lowest BCUT2D eigenvalue weighted by Crippen LogP contribution is -2.14. The minimum atomic E-state index is -0.819. The van der Waals surface area contributed by atoms with Crippen LogP contribution in [0.2, 0.25) is 0 Å². The topological polar surface area (TPSA) is 132 Å². The first-order valence-corrected chi connectivity index (χ1v) is 11.2. The van der Waals surface area contributed by atoms with Gasteiger partial charge in [0.05, 0.1) is 22.0 Å². The SMILES string of the molecule is CCOC(=O)C1=C(O)/C(=C/c2ccc(-c3ccccc3[N+](=O)[O-])o2)SC1=NC(=O)c1ccccc1. The molecule has 3 aromatic rings. The molecular weight excluding hydrogens is 472 g/mol. The summed E-state index contributed by atoms with van der Waals surface area (Å²) in [6.45, 7) is 1.68. The minimum Gasteiger partial charge on any atom is -0.506 e. The lowest BCUT2D eigenvalue weighted by Gasteiger charge is -2.03. The predicted octanol–water partition coefficient (Wildman–Crippen LogP) is 5.56. The fourth-order valence-corrected chi connectivity index (χ4v) is 4.27. The lowest BCUT2D eigenvalue weighted by atomic mass is 10.1. The Morgan fingerprint density at radius 3 is 2.54 bits per heavy atom. The van der Waals surface area contributed by atoms with Gasteiger partial charge in [0, 0.05) is 11.6 Å². The molecule has 4 rings (SSSR count). The molecule has 0 aliphatic carbocycles. The van der Waals surface area contributed by atoms with Crippen molar-refractivity contribution < 1.29 is 28.8 Å². The van der Waals surface area contributed by atoms with Crippen molar-refractivity contribution in [3.63, 3.8) is 0 Å². The number of esters is 1. The van der Waals surface area contributed by atoms with Crippen LogP contribution >= 0.6 is 11.8 Å². The highest BCUT2D eigenvalue weighted by molar-refractivity contribution is 8.18. The van der Waals surface area contributed by atoms with Crippen LogP contribution < -0.4 is 0 Å². The molecule has 10 heteroatoms. The molecule has 1 N–H and O–H groups in total. The van der Waals surface area contributed by atoms with E-state index < -0.39 is 22.6 Å². The first-order chi connectivity index (χ1) is 16.9. The van der Waals surface area contributed by atoms with Crippen molar-refractivity contribution in [3.05, 3.63) is 104 Å². The highest BCUT2D eigenvalue weighted by atomic mass is 32.2. The number of amides is 1. The Morgan fingerprint density at radius 2 is 1.83 bits per heavy atom. The summed E-state index contributed by atoms with van der Waals surface area (Å²) in [5, 5.41) is 22.1. The molecule has 35 heavy (non-hydrogen) atoms. The predicted molar refractivity (Wildman–Crippen MR) is 131 cm³/mol. The van der Waals surface area contributed by atoms with Crippen LogP contribution in [0.1, 0.15) is 23.0 Å². The standard InChI is InChI=1S/C25H18N2O7S/c1-2-33-25(30)21-22(28)20(35-24(21)26-23(29)15-8-4-3-5-9-15)14-16-12-13-19(34-16)17-10-6-7-11-18(17)27(31)32/h3-14,28H,2H2,1H3/b20-14-,26-24?. The summed E-state index contributed by atoms with van der Waals surface area (Å²) in [6.07, 6.45) is 1.45. The van der Waals surface area contributed by atoms with Crippen molar-refractivity contribution in [3.8, 4) is 11.3 Å². The summed E-state index contributed by atoms with van der Waals surface area (Å²) < 4.78 is 10.8. The molecule has 0 bridgehead atoms.